The van der Waals surface area contributed by atoms with Crippen LogP contribution in [0.3, 0.4) is 0 Å². The molecule has 27 heavy (non-hydrogen) atoms. The number of anilines is 1. The first-order valence-electron chi connectivity index (χ1n) is 8.99. The number of hydrogen-bond acceptors (Lipinski definition) is 6. The summed E-state index contributed by atoms with van der Waals surface area (Å²) in [5.41, 5.74) is 2.48. The lowest BCUT2D eigenvalue weighted by molar-refractivity contribution is 0.306. The van der Waals surface area contributed by atoms with E-state index in [9.17, 15) is 0 Å². The second-order valence-electron chi connectivity index (χ2n) is 6.29. The normalized spacial score (nSPS) is 11.6. The van der Waals surface area contributed by atoms with Gasteiger partial charge in [0, 0.05) is 18.2 Å². The van der Waals surface area contributed by atoms with Crippen LogP contribution in [0.15, 0.2) is 53.1 Å². The highest BCUT2D eigenvalue weighted by molar-refractivity contribution is 5.49. The van der Waals surface area contributed by atoms with Gasteiger partial charge in [-0.2, -0.15) is 10.2 Å². The quantitative estimate of drug-likeness (QED) is 0.628. The number of nitrogens with one attached hydrogen (secondary N) is 1. The van der Waals surface area contributed by atoms with Crippen molar-refractivity contribution < 1.29 is 9.26 Å². The van der Waals surface area contributed by atoms with Gasteiger partial charge in [-0.25, -0.2) is 0 Å². The van der Waals surface area contributed by atoms with Crippen molar-refractivity contribution in [2.45, 2.75) is 39.3 Å². The summed E-state index contributed by atoms with van der Waals surface area (Å²) in [6.45, 7) is 4.46. The SMILES string of the molecule is CCCc1noc(C(C)Nc2cccc(OCc3cccc(C#N)c3)c2)n1. The van der Waals surface area contributed by atoms with Crippen LogP contribution in [-0.4, -0.2) is 10.1 Å². The molecule has 0 saturated heterocycles. The van der Waals surface area contributed by atoms with Crippen molar-refractivity contribution in [1.29, 1.82) is 5.26 Å². The molecule has 1 aromatic heterocycles. The van der Waals surface area contributed by atoms with Gasteiger partial charge in [0.15, 0.2) is 5.82 Å². The Bertz CT molecular complexity index is 930. The first-order valence-corrected chi connectivity index (χ1v) is 8.99. The Labute approximate surface area is 158 Å². The number of nitrogens with zero attached hydrogens (tertiary/aromatic N) is 3. The molecule has 0 radical (unpaired) electrons. The molecule has 2 aromatic carbocycles. The molecular formula is C21H22N4O2. The third-order valence-electron chi connectivity index (χ3n) is 4.01. The van der Waals surface area contributed by atoms with Gasteiger partial charge in [0.25, 0.3) is 0 Å². The van der Waals surface area contributed by atoms with Crippen LogP contribution < -0.4 is 10.1 Å². The van der Waals surface area contributed by atoms with Crippen LogP contribution in [0.2, 0.25) is 0 Å². The summed E-state index contributed by atoms with van der Waals surface area (Å²) >= 11 is 0. The average molecular weight is 362 g/mol. The highest BCUT2D eigenvalue weighted by atomic mass is 16.5. The van der Waals surface area contributed by atoms with E-state index >= 15 is 0 Å². The first kappa shape index (κ1) is 18.5. The smallest absolute Gasteiger partial charge is 0.248 e. The maximum atomic E-state index is 8.98. The summed E-state index contributed by atoms with van der Waals surface area (Å²) in [6, 6.07) is 17.1. The molecule has 0 bridgehead atoms. The molecule has 6 heteroatoms. The zero-order chi connectivity index (χ0) is 19.1. The minimum Gasteiger partial charge on any atom is -0.489 e. The Kier molecular flexibility index (Phi) is 6.06. The van der Waals surface area contributed by atoms with E-state index in [0.717, 1.165) is 35.7 Å². The zero-order valence-corrected chi connectivity index (χ0v) is 15.5. The summed E-state index contributed by atoms with van der Waals surface area (Å²) in [4.78, 5) is 4.41. The van der Waals surface area contributed by atoms with Crippen molar-refractivity contribution >= 4 is 5.69 Å². The van der Waals surface area contributed by atoms with E-state index in [4.69, 9.17) is 14.5 Å². The highest BCUT2D eigenvalue weighted by Gasteiger charge is 2.14. The number of rotatable bonds is 8. The number of aryl methyl sites for hydroxylation is 1. The van der Waals surface area contributed by atoms with Crippen LogP contribution >= 0.6 is 0 Å². The van der Waals surface area contributed by atoms with Gasteiger partial charge in [0.1, 0.15) is 18.4 Å². The maximum Gasteiger partial charge on any atom is 0.248 e. The second kappa shape index (κ2) is 8.86. The van der Waals surface area contributed by atoms with Crippen molar-refractivity contribution in [1.82, 2.24) is 10.1 Å². The number of hydrogen-bond donors (Lipinski definition) is 1. The summed E-state index contributed by atoms with van der Waals surface area (Å²) in [5.74, 6) is 2.04. The lowest BCUT2D eigenvalue weighted by Crippen LogP contribution is -2.07. The first-order chi connectivity index (χ1) is 13.2. The van der Waals surface area contributed by atoms with Crippen LogP contribution in [0.5, 0.6) is 5.75 Å². The highest BCUT2D eigenvalue weighted by Crippen LogP contribution is 2.23. The molecule has 0 spiro atoms. The Morgan fingerprint density at radius 1 is 1.22 bits per heavy atom. The van der Waals surface area contributed by atoms with Gasteiger partial charge in [-0.3, -0.25) is 0 Å². The minimum atomic E-state index is -0.106. The maximum absolute atomic E-state index is 8.98. The molecule has 1 unspecified atom stereocenters. The number of ether oxygens (including phenoxy) is 1. The summed E-state index contributed by atoms with van der Waals surface area (Å²) in [7, 11) is 0. The monoisotopic (exact) mass is 362 g/mol. The predicted octanol–water partition coefficient (Wildman–Crippen LogP) is 4.65. The molecule has 0 saturated carbocycles. The Morgan fingerprint density at radius 3 is 2.89 bits per heavy atom. The molecule has 0 aliphatic carbocycles. The van der Waals surface area contributed by atoms with Gasteiger partial charge in [0.05, 0.1) is 11.6 Å². The molecular weight excluding hydrogens is 340 g/mol. The molecule has 6 nitrogen and oxygen atoms in total. The van der Waals surface area contributed by atoms with Gasteiger partial charge in [-0.15, -0.1) is 0 Å². The third-order valence-corrected chi connectivity index (χ3v) is 4.01. The largest absolute Gasteiger partial charge is 0.489 e. The molecule has 1 heterocycles. The topological polar surface area (TPSA) is 84.0 Å². The van der Waals surface area contributed by atoms with Crippen molar-refractivity contribution in [3.8, 4) is 11.8 Å². The van der Waals surface area contributed by atoms with E-state index < -0.39 is 0 Å². The predicted molar refractivity (Wildman–Crippen MR) is 102 cm³/mol. The Balaban J connectivity index is 1.61. The molecule has 1 atom stereocenters. The van der Waals surface area contributed by atoms with Gasteiger partial charge < -0.3 is 14.6 Å². The molecule has 0 amide bonds. The van der Waals surface area contributed by atoms with Crippen LogP contribution in [0.25, 0.3) is 0 Å². The molecule has 0 aliphatic heterocycles. The fourth-order valence-electron chi connectivity index (χ4n) is 2.65. The second-order valence-corrected chi connectivity index (χ2v) is 6.29. The fourth-order valence-corrected chi connectivity index (χ4v) is 2.65. The van der Waals surface area contributed by atoms with Crippen molar-refractivity contribution in [3.05, 3.63) is 71.4 Å². The van der Waals surface area contributed by atoms with Gasteiger partial charge in [0.2, 0.25) is 5.89 Å². The van der Waals surface area contributed by atoms with Crippen LogP contribution in [0.1, 0.15) is 49.2 Å². The molecule has 3 aromatic rings. The van der Waals surface area contributed by atoms with Gasteiger partial charge >= 0.3 is 0 Å². The van der Waals surface area contributed by atoms with Crippen LogP contribution in [0, 0.1) is 11.3 Å². The minimum absolute atomic E-state index is 0.106. The summed E-state index contributed by atoms with van der Waals surface area (Å²) in [5, 5.41) is 16.3. The summed E-state index contributed by atoms with van der Waals surface area (Å²) in [6.07, 6.45) is 1.80. The Morgan fingerprint density at radius 2 is 2.07 bits per heavy atom. The number of benzene rings is 2. The van der Waals surface area contributed by atoms with Crippen LogP contribution in [-0.2, 0) is 13.0 Å². The summed E-state index contributed by atoms with van der Waals surface area (Å²) < 4.78 is 11.2. The van der Waals surface area contributed by atoms with E-state index in [2.05, 4.69) is 28.5 Å². The standard InChI is InChI=1S/C21H22N4O2/c1-3-6-20-24-21(27-25-20)15(2)23-18-9-5-10-19(12-18)26-14-17-8-4-7-16(11-17)13-22/h4-5,7-12,15,23H,3,6,14H2,1-2H3. The van der Waals surface area contributed by atoms with E-state index in [-0.39, 0.29) is 6.04 Å². The number of nitriles is 1. The fraction of sp³-hybridized carbons (Fsp3) is 0.286. The number of aromatic nitrogens is 2. The van der Waals surface area contributed by atoms with E-state index in [1.807, 2.05) is 49.4 Å². The Hall–Kier alpha value is -3.33. The van der Waals surface area contributed by atoms with Crippen molar-refractivity contribution in [2.75, 3.05) is 5.32 Å². The molecule has 138 valence electrons. The van der Waals surface area contributed by atoms with Crippen LogP contribution in [0.4, 0.5) is 5.69 Å². The van der Waals surface area contributed by atoms with Gasteiger partial charge in [-0.05, 0) is 43.2 Å². The van der Waals surface area contributed by atoms with Crippen molar-refractivity contribution in [3.63, 3.8) is 0 Å². The third kappa shape index (κ3) is 5.08. The molecule has 0 fully saturated rings. The lowest BCUT2D eigenvalue weighted by Gasteiger charge is -2.13. The molecule has 0 aliphatic rings. The van der Waals surface area contributed by atoms with E-state index in [0.29, 0.717) is 18.1 Å². The average Bonchev–Trinajstić information content (AvgIpc) is 3.16. The lowest BCUT2D eigenvalue weighted by atomic mass is 10.1. The molecule has 1 N–H and O–H groups in total. The van der Waals surface area contributed by atoms with Gasteiger partial charge in [-0.1, -0.05) is 30.3 Å². The van der Waals surface area contributed by atoms with E-state index in [1.54, 1.807) is 6.07 Å². The van der Waals surface area contributed by atoms with Crippen molar-refractivity contribution in [2.24, 2.45) is 0 Å². The van der Waals surface area contributed by atoms with E-state index in [1.165, 1.54) is 0 Å². The zero-order valence-electron chi connectivity index (χ0n) is 15.5. The molecule has 3 rings (SSSR count).